The number of aryl methyl sites for hydroxylation is 1. The van der Waals surface area contributed by atoms with Gasteiger partial charge < -0.3 is 5.32 Å². The Balaban J connectivity index is 1.94. The van der Waals surface area contributed by atoms with Crippen LogP contribution >= 0.6 is 0 Å². The number of amides is 1. The number of carbonyl (C=O) groups excluding carboxylic acids is 1. The molecule has 23 heavy (non-hydrogen) atoms. The van der Waals surface area contributed by atoms with E-state index in [1.165, 1.54) is 13.1 Å². The average molecular weight is 342 g/mol. The van der Waals surface area contributed by atoms with Crippen molar-refractivity contribution in [1.82, 2.24) is 10.0 Å². The molecule has 1 saturated carbocycles. The van der Waals surface area contributed by atoms with Crippen LogP contribution in [0.1, 0.15) is 36.3 Å². The lowest BCUT2D eigenvalue weighted by atomic mass is 9.89. The summed E-state index contributed by atoms with van der Waals surface area (Å²) in [7, 11) is -1.97. The third kappa shape index (κ3) is 5.28. The van der Waals surface area contributed by atoms with Crippen LogP contribution in [0, 0.1) is 18.7 Å². The van der Waals surface area contributed by atoms with Gasteiger partial charge in [0, 0.05) is 13.0 Å². The van der Waals surface area contributed by atoms with Gasteiger partial charge in [0.2, 0.25) is 15.9 Å². The van der Waals surface area contributed by atoms with E-state index in [0.29, 0.717) is 17.9 Å². The third-order valence-corrected chi connectivity index (χ3v) is 5.57. The second-order valence-electron chi connectivity index (χ2n) is 6.03. The molecule has 1 fully saturated rings. The number of hydrogen-bond donors (Lipinski definition) is 2. The summed E-state index contributed by atoms with van der Waals surface area (Å²) in [6.45, 7) is 1.80. The number of halogens is 1. The van der Waals surface area contributed by atoms with Crippen molar-refractivity contribution < 1.29 is 17.6 Å². The smallest absolute Gasteiger partial charge is 0.220 e. The maximum Gasteiger partial charge on any atom is 0.220 e. The molecule has 1 aliphatic carbocycles. The Labute approximate surface area is 136 Å². The summed E-state index contributed by atoms with van der Waals surface area (Å²) in [6, 6.07) is 4.98. The molecule has 0 heterocycles. The molecule has 7 heteroatoms. The highest BCUT2D eigenvalue weighted by Gasteiger charge is 2.33. The van der Waals surface area contributed by atoms with Crippen molar-refractivity contribution in [2.24, 2.45) is 5.92 Å². The molecule has 1 aromatic carbocycles. The topological polar surface area (TPSA) is 75.3 Å². The number of benzene rings is 1. The van der Waals surface area contributed by atoms with Gasteiger partial charge in [-0.15, -0.1) is 0 Å². The molecule has 0 spiro atoms. The third-order valence-electron chi connectivity index (χ3n) is 4.21. The van der Waals surface area contributed by atoms with Crippen molar-refractivity contribution in [2.45, 2.75) is 32.1 Å². The molecule has 2 N–H and O–H groups in total. The number of sulfonamides is 1. The largest absolute Gasteiger partial charge is 0.355 e. The van der Waals surface area contributed by atoms with Crippen LogP contribution in [0.4, 0.5) is 4.39 Å². The van der Waals surface area contributed by atoms with E-state index in [1.807, 2.05) is 0 Å². The fraction of sp³-hybridized carbons (Fsp3) is 0.562. The van der Waals surface area contributed by atoms with Crippen LogP contribution in [0.25, 0.3) is 0 Å². The van der Waals surface area contributed by atoms with E-state index in [9.17, 15) is 17.6 Å². The van der Waals surface area contributed by atoms with Gasteiger partial charge in [0.1, 0.15) is 5.82 Å². The summed E-state index contributed by atoms with van der Waals surface area (Å²) in [5.41, 5.74) is 1.55. The molecule has 0 radical (unpaired) electrons. The number of rotatable bonds is 8. The monoisotopic (exact) mass is 342 g/mol. The van der Waals surface area contributed by atoms with Crippen LogP contribution in [0.2, 0.25) is 0 Å². The summed E-state index contributed by atoms with van der Waals surface area (Å²) in [5.74, 6) is -0.0408. The van der Waals surface area contributed by atoms with E-state index in [1.54, 1.807) is 19.1 Å². The van der Waals surface area contributed by atoms with Crippen molar-refractivity contribution >= 4 is 15.9 Å². The van der Waals surface area contributed by atoms with Crippen LogP contribution in [-0.2, 0) is 14.8 Å². The van der Waals surface area contributed by atoms with Crippen LogP contribution in [0.5, 0.6) is 0 Å². The van der Waals surface area contributed by atoms with Gasteiger partial charge in [0.05, 0.1) is 5.75 Å². The van der Waals surface area contributed by atoms with E-state index in [0.717, 1.165) is 18.4 Å². The molecule has 1 aliphatic rings. The van der Waals surface area contributed by atoms with Crippen molar-refractivity contribution in [1.29, 1.82) is 0 Å². The summed E-state index contributed by atoms with van der Waals surface area (Å²) in [5, 5.41) is 2.65. The van der Waals surface area contributed by atoms with Gasteiger partial charge in [-0.25, -0.2) is 17.5 Å². The highest BCUT2D eigenvalue weighted by molar-refractivity contribution is 7.89. The minimum absolute atomic E-state index is 0.0650. The number of hydrogen-bond acceptors (Lipinski definition) is 3. The fourth-order valence-corrected chi connectivity index (χ4v) is 3.23. The summed E-state index contributed by atoms with van der Waals surface area (Å²) in [4.78, 5) is 12.1. The minimum atomic E-state index is -3.32. The maximum absolute atomic E-state index is 13.4. The van der Waals surface area contributed by atoms with E-state index < -0.39 is 10.0 Å². The van der Waals surface area contributed by atoms with Gasteiger partial charge in [-0.3, -0.25) is 4.79 Å². The molecule has 5 nitrogen and oxygen atoms in total. The molecule has 0 aromatic heterocycles. The molecule has 0 saturated heterocycles. The van der Waals surface area contributed by atoms with Crippen LogP contribution in [0.3, 0.4) is 0 Å². The second-order valence-corrected chi connectivity index (χ2v) is 8.08. The maximum atomic E-state index is 13.4. The standard InChI is InChI=1S/C16H23FN2O3S/c1-11-9-13(5-6-15(11)17)14(12-3-4-12)10-16(20)19-7-8-23(21,22)18-2/h5-6,9,12,14,18H,3-4,7-8,10H2,1-2H3,(H,19,20). The van der Waals surface area contributed by atoms with Gasteiger partial charge in [-0.1, -0.05) is 12.1 Å². The van der Waals surface area contributed by atoms with Gasteiger partial charge in [0.15, 0.2) is 0 Å². The predicted octanol–water partition coefficient (Wildman–Crippen LogP) is 1.68. The average Bonchev–Trinajstić information content (AvgIpc) is 3.32. The summed E-state index contributed by atoms with van der Waals surface area (Å²) < 4.78 is 38.2. The molecule has 0 aliphatic heterocycles. The lowest BCUT2D eigenvalue weighted by Gasteiger charge is -2.17. The van der Waals surface area contributed by atoms with Gasteiger partial charge in [-0.05, 0) is 55.8 Å². The molecular weight excluding hydrogens is 319 g/mol. The van der Waals surface area contributed by atoms with Gasteiger partial charge in [0.25, 0.3) is 0 Å². The molecule has 2 rings (SSSR count). The van der Waals surface area contributed by atoms with Gasteiger partial charge in [-0.2, -0.15) is 0 Å². The summed E-state index contributed by atoms with van der Waals surface area (Å²) >= 11 is 0. The highest BCUT2D eigenvalue weighted by atomic mass is 32.2. The van der Waals surface area contributed by atoms with Crippen LogP contribution in [-0.4, -0.2) is 33.7 Å². The van der Waals surface area contributed by atoms with E-state index in [2.05, 4.69) is 10.0 Å². The molecule has 1 amide bonds. The highest BCUT2D eigenvalue weighted by Crippen LogP contribution is 2.44. The van der Waals surface area contributed by atoms with Crippen molar-refractivity contribution in [3.63, 3.8) is 0 Å². The van der Waals surface area contributed by atoms with Gasteiger partial charge >= 0.3 is 0 Å². The lowest BCUT2D eigenvalue weighted by Crippen LogP contribution is -2.33. The normalized spacial score (nSPS) is 16.1. The minimum Gasteiger partial charge on any atom is -0.355 e. The quantitative estimate of drug-likeness (QED) is 0.755. The SMILES string of the molecule is CNS(=O)(=O)CCNC(=O)CC(c1ccc(F)c(C)c1)C1CC1. The Morgan fingerprint density at radius 1 is 1.39 bits per heavy atom. The Hall–Kier alpha value is -1.47. The predicted molar refractivity (Wildman–Crippen MR) is 87.1 cm³/mol. The zero-order valence-corrected chi connectivity index (χ0v) is 14.2. The lowest BCUT2D eigenvalue weighted by molar-refractivity contribution is -0.121. The van der Waals surface area contributed by atoms with Crippen LogP contribution < -0.4 is 10.0 Å². The molecule has 1 atom stereocenters. The molecule has 1 unspecified atom stereocenters. The first-order chi connectivity index (χ1) is 10.8. The summed E-state index contributed by atoms with van der Waals surface area (Å²) in [6.07, 6.45) is 2.44. The van der Waals surface area contributed by atoms with Crippen molar-refractivity contribution in [3.05, 3.63) is 35.1 Å². The van der Waals surface area contributed by atoms with Crippen molar-refractivity contribution in [2.75, 3.05) is 19.3 Å². The molecule has 128 valence electrons. The molecular formula is C16H23FN2O3S. The van der Waals surface area contributed by atoms with E-state index in [4.69, 9.17) is 0 Å². The van der Waals surface area contributed by atoms with Crippen molar-refractivity contribution in [3.8, 4) is 0 Å². The molecule has 0 bridgehead atoms. The zero-order chi connectivity index (χ0) is 17.0. The Bertz CT molecular complexity index is 672. The Morgan fingerprint density at radius 3 is 2.65 bits per heavy atom. The second kappa shape index (κ2) is 7.40. The first-order valence-electron chi connectivity index (χ1n) is 7.76. The zero-order valence-electron chi connectivity index (χ0n) is 13.4. The van der Waals surface area contributed by atoms with Crippen LogP contribution in [0.15, 0.2) is 18.2 Å². The number of nitrogens with one attached hydrogen (secondary N) is 2. The van der Waals surface area contributed by atoms with E-state index >= 15 is 0 Å². The first-order valence-corrected chi connectivity index (χ1v) is 9.41. The fourth-order valence-electron chi connectivity index (χ4n) is 2.65. The number of carbonyl (C=O) groups is 1. The Kier molecular flexibility index (Phi) is 5.75. The molecule has 1 aromatic rings. The Morgan fingerprint density at radius 2 is 2.09 bits per heavy atom. The van der Waals surface area contributed by atoms with E-state index in [-0.39, 0.29) is 29.9 Å². The first kappa shape index (κ1) is 17.9.